The molecule has 0 spiro atoms. The number of hydrogen-bond donors (Lipinski definition) is 1. The molecule has 1 saturated carbocycles. The third-order valence-electron chi connectivity index (χ3n) is 4.29. The first-order valence-corrected chi connectivity index (χ1v) is 7.76. The molecule has 0 radical (unpaired) electrons. The van der Waals surface area contributed by atoms with Crippen LogP contribution in [0.5, 0.6) is 0 Å². The second-order valence-electron chi connectivity index (χ2n) is 6.25. The van der Waals surface area contributed by atoms with E-state index < -0.39 is 0 Å². The zero-order valence-electron chi connectivity index (χ0n) is 11.8. The van der Waals surface area contributed by atoms with Gasteiger partial charge in [-0.25, -0.2) is 0 Å². The summed E-state index contributed by atoms with van der Waals surface area (Å²) >= 11 is 0. The van der Waals surface area contributed by atoms with E-state index in [0.29, 0.717) is 12.7 Å². The fraction of sp³-hybridized carbons (Fsp3) is 1.00. The van der Waals surface area contributed by atoms with Gasteiger partial charge in [0.05, 0.1) is 18.8 Å². The van der Waals surface area contributed by atoms with Gasteiger partial charge >= 0.3 is 0 Å². The molecule has 1 aliphatic carbocycles. The molecule has 3 heteroatoms. The first-order valence-electron chi connectivity index (χ1n) is 7.76. The molecule has 0 amide bonds. The minimum atomic E-state index is -0.308. The van der Waals surface area contributed by atoms with E-state index >= 15 is 0 Å². The fourth-order valence-electron chi connectivity index (χ4n) is 3.28. The average Bonchev–Trinajstić information content (AvgIpc) is 2.38. The Morgan fingerprint density at radius 2 is 1.94 bits per heavy atom. The maximum absolute atomic E-state index is 10.1. The molecule has 1 saturated heterocycles. The van der Waals surface area contributed by atoms with E-state index in [2.05, 4.69) is 11.8 Å². The van der Waals surface area contributed by atoms with Crippen LogP contribution in [0.15, 0.2) is 0 Å². The number of rotatable bonds is 5. The van der Waals surface area contributed by atoms with Crippen molar-refractivity contribution in [3.05, 3.63) is 0 Å². The largest absolute Gasteiger partial charge is 0.389 e. The van der Waals surface area contributed by atoms with Crippen LogP contribution in [0.1, 0.15) is 51.9 Å². The Morgan fingerprint density at radius 1 is 1.17 bits per heavy atom. The summed E-state index contributed by atoms with van der Waals surface area (Å²) in [5, 5.41) is 10.1. The molecule has 106 valence electrons. The SMILES string of the molecule is C[C@@H]1CCCN(C[C@H](O)COC2CCCCC2)C1. The Kier molecular flexibility index (Phi) is 5.93. The van der Waals surface area contributed by atoms with Gasteiger partial charge in [0.2, 0.25) is 0 Å². The van der Waals surface area contributed by atoms with E-state index in [1.165, 1.54) is 44.9 Å². The maximum Gasteiger partial charge on any atom is 0.0900 e. The van der Waals surface area contributed by atoms with Crippen LogP contribution < -0.4 is 0 Å². The van der Waals surface area contributed by atoms with E-state index in [1.54, 1.807) is 0 Å². The average molecular weight is 255 g/mol. The van der Waals surface area contributed by atoms with Gasteiger partial charge in [-0.1, -0.05) is 26.2 Å². The number of aliphatic hydroxyl groups is 1. The molecule has 0 bridgehead atoms. The molecular weight excluding hydrogens is 226 g/mol. The first kappa shape index (κ1) is 14.3. The van der Waals surface area contributed by atoms with E-state index in [9.17, 15) is 5.11 Å². The van der Waals surface area contributed by atoms with Gasteiger partial charge in [-0.2, -0.15) is 0 Å². The van der Waals surface area contributed by atoms with Gasteiger partial charge in [-0.05, 0) is 38.1 Å². The lowest BCUT2D eigenvalue weighted by Crippen LogP contribution is -2.41. The summed E-state index contributed by atoms with van der Waals surface area (Å²) in [4.78, 5) is 2.39. The van der Waals surface area contributed by atoms with Crippen molar-refractivity contribution in [2.45, 2.75) is 64.1 Å². The highest BCUT2D eigenvalue weighted by Gasteiger charge is 2.20. The standard InChI is InChI=1S/C15H29NO2/c1-13-6-5-9-16(10-13)11-14(17)12-18-15-7-3-2-4-8-15/h13-15,17H,2-12H2,1H3/t13-,14+/m1/s1. The third-order valence-corrected chi connectivity index (χ3v) is 4.29. The summed E-state index contributed by atoms with van der Waals surface area (Å²) in [5.41, 5.74) is 0. The molecule has 2 fully saturated rings. The molecule has 0 aromatic carbocycles. The highest BCUT2D eigenvalue weighted by molar-refractivity contribution is 4.73. The predicted molar refractivity (Wildman–Crippen MR) is 73.7 cm³/mol. The van der Waals surface area contributed by atoms with Crippen LogP contribution in [0.2, 0.25) is 0 Å². The summed E-state index contributed by atoms with van der Waals surface area (Å²) in [5.74, 6) is 0.783. The minimum Gasteiger partial charge on any atom is -0.389 e. The van der Waals surface area contributed by atoms with E-state index in [-0.39, 0.29) is 6.10 Å². The van der Waals surface area contributed by atoms with E-state index in [0.717, 1.165) is 25.6 Å². The van der Waals surface area contributed by atoms with Crippen molar-refractivity contribution in [1.82, 2.24) is 4.90 Å². The Balaban J connectivity index is 1.60. The number of aliphatic hydroxyl groups excluding tert-OH is 1. The highest BCUT2D eigenvalue weighted by atomic mass is 16.5. The molecule has 0 aromatic heterocycles. The van der Waals surface area contributed by atoms with Crippen molar-refractivity contribution in [2.75, 3.05) is 26.2 Å². The van der Waals surface area contributed by atoms with Crippen LogP contribution in [0.3, 0.4) is 0 Å². The topological polar surface area (TPSA) is 32.7 Å². The van der Waals surface area contributed by atoms with Crippen LogP contribution in [0.25, 0.3) is 0 Å². The number of piperidine rings is 1. The normalized spacial score (nSPS) is 29.3. The molecule has 1 N–H and O–H groups in total. The monoisotopic (exact) mass is 255 g/mol. The molecule has 3 nitrogen and oxygen atoms in total. The molecule has 1 aliphatic heterocycles. The third kappa shape index (κ3) is 4.87. The summed E-state index contributed by atoms with van der Waals surface area (Å²) < 4.78 is 5.84. The maximum atomic E-state index is 10.1. The Labute approximate surface area is 112 Å². The highest BCUT2D eigenvalue weighted by Crippen LogP contribution is 2.20. The smallest absolute Gasteiger partial charge is 0.0900 e. The molecule has 2 atom stereocenters. The fourth-order valence-corrected chi connectivity index (χ4v) is 3.28. The molecule has 2 aliphatic rings. The van der Waals surface area contributed by atoms with Gasteiger partial charge < -0.3 is 14.7 Å². The lowest BCUT2D eigenvalue weighted by atomic mass is 9.98. The number of hydrogen-bond acceptors (Lipinski definition) is 3. The summed E-state index contributed by atoms with van der Waals surface area (Å²) in [6.07, 6.45) is 9.04. The number of ether oxygens (including phenoxy) is 1. The van der Waals surface area contributed by atoms with E-state index in [1.807, 2.05) is 0 Å². The van der Waals surface area contributed by atoms with Crippen LogP contribution >= 0.6 is 0 Å². The lowest BCUT2D eigenvalue weighted by molar-refractivity contribution is -0.0361. The van der Waals surface area contributed by atoms with Crippen LogP contribution in [0.4, 0.5) is 0 Å². The summed E-state index contributed by atoms with van der Waals surface area (Å²) in [6, 6.07) is 0. The molecular formula is C15H29NO2. The molecule has 2 rings (SSSR count). The number of likely N-dealkylation sites (tertiary alicyclic amines) is 1. The Hall–Kier alpha value is -0.120. The van der Waals surface area contributed by atoms with Crippen LogP contribution in [-0.4, -0.2) is 48.5 Å². The van der Waals surface area contributed by atoms with Crippen molar-refractivity contribution >= 4 is 0 Å². The Bertz CT molecular complexity index is 229. The van der Waals surface area contributed by atoms with Crippen LogP contribution in [-0.2, 0) is 4.74 Å². The summed E-state index contributed by atoms with van der Waals surface area (Å²) in [7, 11) is 0. The molecule has 1 heterocycles. The quantitative estimate of drug-likeness (QED) is 0.819. The molecule has 0 aromatic rings. The lowest BCUT2D eigenvalue weighted by Gasteiger charge is -2.32. The van der Waals surface area contributed by atoms with Crippen molar-refractivity contribution in [1.29, 1.82) is 0 Å². The summed E-state index contributed by atoms with van der Waals surface area (Å²) in [6.45, 7) is 5.90. The van der Waals surface area contributed by atoms with Crippen molar-refractivity contribution in [3.63, 3.8) is 0 Å². The second-order valence-corrected chi connectivity index (χ2v) is 6.25. The van der Waals surface area contributed by atoms with E-state index in [4.69, 9.17) is 4.74 Å². The molecule has 18 heavy (non-hydrogen) atoms. The molecule has 0 unspecified atom stereocenters. The van der Waals surface area contributed by atoms with Crippen molar-refractivity contribution in [3.8, 4) is 0 Å². The van der Waals surface area contributed by atoms with Gasteiger partial charge in [0.15, 0.2) is 0 Å². The zero-order chi connectivity index (χ0) is 12.8. The van der Waals surface area contributed by atoms with Crippen molar-refractivity contribution < 1.29 is 9.84 Å². The van der Waals surface area contributed by atoms with Gasteiger partial charge in [0.1, 0.15) is 0 Å². The predicted octanol–water partition coefficient (Wildman–Crippen LogP) is 2.43. The van der Waals surface area contributed by atoms with Crippen molar-refractivity contribution in [2.24, 2.45) is 5.92 Å². The van der Waals surface area contributed by atoms with Gasteiger partial charge in [-0.15, -0.1) is 0 Å². The zero-order valence-corrected chi connectivity index (χ0v) is 11.8. The number of β-amino-alcohol motifs (C(OH)–C–C–N with tert-alkyl or cyclic N) is 1. The van der Waals surface area contributed by atoms with Crippen LogP contribution in [0, 0.1) is 5.92 Å². The number of nitrogens with zero attached hydrogens (tertiary/aromatic N) is 1. The van der Waals surface area contributed by atoms with Gasteiger partial charge in [0.25, 0.3) is 0 Å². The Morgan fingerprint density at radius 3 is 2.67 bits per heavy atom. The second kappa shape index (κ2) is 7.46. The van der Waals surface area contributed by atoms with Gasteiger partial charge in [0, 0.05) is 13.1 Å². The van der Waals surface area contributed by atoms with Gasteiger partial charge in [-0.3, -0.25) is 0 Å². The minimum absolute atomic E-state index is 0.308. The first-order chi connectivity index (χ1) is 8.74.